The second-order valence-corrected chi connectivity index (χ2v) is 5.26. The van der Waals surface area contributed by atoms with Crippen molar-refractivity contribution in [3.8, 4) is 11.7 Å². The van der Waals surface area contributed by atoms with E-state index in [1.54, 1.807) is 12.1 Å². The van der Waals surface area contributed by atoms with E-state index in [4.69, 9.17) is 8.83 Å². The summed E-state index contributed by atoms with van der Waals surface area (Å²) in [7, 11) is 0. The number of aromatic nitrogens is 2. The number of likely N-dealkylation sites (N-methyl/N-ethyl adjacent to an activating group) is 1. The summed E-state index contributed by atoms with van der Waals surface area (Å²) in [5, 5.41) is 11.4. The summed E-state index contributed by atoms with van der Waals surface area (Å²) in [6, 6.07) is 4.17. The van der Waals surface area contributed by atoms with E-state index in [2.05, 4.69) is 43.3 Å². The number of halogens is 1. The van der Waals surface area contributed by atoms with Gasteiger partial charge < -0.3 is 14.2 Å². The molecular weight excluding hydrogens is 312 g/mol. The van der Waals surface area contributed by atoms with Crippen molar-refractivity contribution in [1.29, 1.82) is 0 Å². The molecule has 0 aliphatic carbocycles. The molecule has 0 radical (unpaired) electrons. The smallest absolute Gasteiger partial charge is 0.283 e. The third kappa shape index (κ3) is 2.72. The first-order valence-corrected chi connectivity index (χ1v) is 7.08. The van der Waals surface area contributed by atoms with Crippen molar-refractivity contribution < 1.29 is 8.83 Å². The Labute approximate surface area is 119 Å². The van der Waals surface area contributed by atoms with Crippen molar-refractivity contribution in [1.82, 2.24) is 20.4 Å². The van der Waals surface area contributed by atoms with E-state index in [1.807, 2.05) is 0 Å². The summed E-state index contributed by atoms with van der Waals surface area (Å²) >= 11 is 3.25. The highest BCUT2D eigenvalue weighted by Gasteiger charge is 2.25. The molecule has 3 heterocycles. The van der Waals surface area contributed by atoms with Gasteiger partial charge in [-0.3, -0.25) is 4.90 Å². The molecule has 7 heteroatoms. The molecule has 0 spiro atoms. The average molecular weight is 327 g/mol. The highest BCUT2D eigenvalue weighted by molar-refractivity contribution is 9.10. The van der Waals surface area contributed by atoms with Crippen LogP contribution < -0.4 is 5.32 Å². The van der Waals surface area contributed by atoms with Gasteiger partial charge in [-0.05, 0) is 34.6 Å². The van der Waals surface area contributed by atoms with Gasteiger partial charge >= 0.3 is 0 Å². The fourth-order valence-corrected chi connectivity index (χ4v) is 2.36. The van der Waals surface area contributed by atoms with Crippen LogP contribution in [0.3, 0.4) is 0 Å². The Bertz CT molecular complexity index is 549. The lowest BCUT2D eigenvalue weighted by atomic mass is 10.1. The van der Waals surface area contributed by atoms with Gasteiger partial charge in [0.05, 0.1) is 6.54 Å². The quantitative estimate of drug-likeness (QED) is 0.905. The van der Waals surface area contributed by atoms with Gasteiger partial charge in [0, 0.05) is 19.1 Å². The van der Waals surface area contributed by atoms with Crippen LogP contribution in [0.1, 0.15) is 12.8 Å². The average Bonchev–Trinajstić information content (AvgIpc) is 2.94. The summed E-state index contributed by atoms with van der Waals surface area (Å²) in [6.45, 7) is 5.84. The molecule has 1 saturated heterocycles. The van der Waals surface area contributed by atoms with Crippen LogP contribution in [-0.2, 0) is 6.54 Å². The second-order valence-electron chi connectivity index (χ2n) is 4.48. The first-order valence-electron chi connectivity index (χ1n) is 6.29. The van der Waals surface area contributed by atoms with Gasteiger partial charge in [0.2, 0.25) is 5.89 Å². The van der Waals surface area contributed by atoms with E-state index in [0.717, 1.165) is 19.6 Å². The van der Waals surface area contributed by atoms with Crippen LogP contribution in [0.2, 0.25) is 0 Å². The maximum atomic E-state index is 5.64. The van der Waals surface area contributed by atoms with Gasteiger partial charge in [0.25, 0.3) is 5.89 Å². The van der Waals surface area contributed by atoms with Crippen LogP contribution in [0.5, 0.6) is 0 Å². The second kappa shape index (κ2) is 5.44. The van der Waals surface area contributed by atoms with Crippen LogP contribution in [0.15, 0.2) is 25.6 Å². The molecular formula is C12H15BrN4O2. The van der Waals surface area contributed by atoms with Crippen molar-refractivity contribution in [2.75, 3.05) is 19.6 Å². The van der Waals surface area contributed by atoms with Crippen molar-refractivity contribution in [2.45, 2.75) is 19.5 Å². The molecule has 1 N–H and O–H groups in total. The number of nitrogens with zero attached hydrogens (tertiary/aromatic N) is 3. The lowest BCUT2D eigenvalue weighted by Crippen LogP contribution is -2.56. The summed E-state index contributed by atoms with van der Waals surface area (Å²) in [4.78, 5) is 2.33. The third-order valence-electron chi connectivity index (χ3n) is 3.27. The Morgan fingerprint density at radius 1 is 1.37 bits per heavy atom. The predicted octanol–water partition coefficient (Wildman–Crippen LogP) is 1.89. The number of furan rings is 1. The van der Waals surface area contributed by atoms with E-state index < -0.39 is 0 Å². The molecule has 3 rings (SSSR count). The maximum Gasteiger partial charge on any atom is 0.283 e. The molecule has 0 bridgehead atoms. The number of hydrogen-bond donors (Lipinski definition) is 1. The molecule has 0 amide bonds. The molecule has 1 aliphatic rings. The molecule has 19 heavy (non-hydrogen) atoms. The highest BCUT2D eigenvalue weighted by atomic mass is 79.9. The standard InChI is InChI=1S/C12H15BrN4O2/c1-2-17(8-5-14-6-8)7-11-15-16-12(19-11)9-3-4-10(13)18-9/h3-4,8,14H,2,5-7H2,1H3. The minimum absolute atomic E-state index is 0.420. The zero-order chi connectivity index (χ0) is 13.2. The topological polar surface area (TPSA) is 67.3 Å². The SMILES string of the molecule is CCN(Cc1nnc(-c2ccc(Br)o2)o1)C1CNC1. The van der Waals surface area contributed by atoms with Crippen LogP contribution in [0.4, 0.5) is 0 Å². The van der Waals surface area contributed by atoms with Crippen molar-refractivity contribution in [2.24, 2.45) is 0 Å². The van der Waals surface area contributed by atoms with Crippen LogP contribution in [0, 0.1) is 0 Å². The third-order valence-corrected chi connectivity index (χ3v) is 3.70. The van der Waals surface area contributed by atoms with E-state index in [9.17, 15) is 0 Å². The van der Waals surface area contributed by atoms with E-state index in [0.29, 0.717) is 34.8 Å². The Morgan fingerprint density at radius 2 is 2.21 bits per heavy atom. The monoisotopic (exact) mass is 326 g/mol. The van der Waals surface area contributed by atoms with Crippen molar-refractivity contribution in [3.05, 3.63) is 22.7 Å². The molecule has 0 atom stereocenters. The van der Waals surface area contributed by atoms with Crippen molar-refractivity contribution >= 4 is 15.9 Å². The fourth-order valence-electron chi connectivity index (χ4n) is 2.05. The van der Waals surface area contributed by atoms with Crippen LogP contribution >= 0.6 is 15.9 Å². The number of nitrogens with one attached hydrogen (secondary N) is 1. The molecule has 1 fully saturated rings. The van der Waals surface area contributed by atoms with Gasteiger partial charge in [0.15, 0.2) is 10.4 Å². The summed E-state index contributed by atoms with van der Waals surface area (Å²) in [5.41, 5.74) is 0. The lowest BCUT2D eigenvalue weighted by molar-refractivity contribution is 0.133. The molecule has 2 aromatic heterocycles. The molecule has 2 aromatic rings. The number of hydrogen-bond acceptors (Lipinski definition) is 6. The lowest BCUT2D eigenvalue weighted by Gasteiger charge is -2.36. The Hall–Kier alpha value is -1.18. The highest BCUT2D eigenvalue weighted by Crippen LogP contribution is 2.24. The van der Waals surface area contributed by atoms with Gasteiger partial charge in [-0.25, -0.2) is 0 Å². The molecule has 6 nitrogen and oxygen atoms in total. The Morgan fingerprint density at radius 3 is 2.79 bits per heavy atom. The zero-order valence-electron chi connectivity index (χ0n) is 10.6. The Balaban J connectivity index is 1.70. The summed E-state index contributed by atoms with van der Waals surface area (Å²) < 4.78 is 11.7. The molecule has 1 aliphatic heterocycles. The molecule has 0 unspecified atom stereocenters. The van der Waals surface area contributed by atoms with E-state index in [1.165, 1.54) is 0 Å². The predicted molar refractivity (Wildman–Crippen MR) is 72.4 cm³/mol. The minimum atomic E-state index is 0.420. The first kappa shape index (κ1) is 12.8. The Kier molecular flexibility index (Phi) is 3.67. The van der Waals surface area contributed by atoms with Gasteiger partial charge in [0.1, 0.15) is 0 Å². The molecule has 0 saturated carbocycles. The minimum Gasteiger partial charge on any atom is -0.444 e. The van der Waals surface area contributed by atoms with Crippen LogP contribution in [0.25, 0.3) is 11.7 Å². The molecule has 0 aromatic carbocycles. The molecule has 102 valence electrons. The summed E-state index contributed by atoms with van der Waals surface area (Å²) in [6.07, 6.45) is 0. The van der Waals surface area contributed by atoms with Gasteiger partial charge in [-0.2, -0.15) is 0 Å². The number of rotatable bonds is 5. The van der Waals surface area contributed by atoms with Gasteiger partial charge in [-0.1, -0.05) is 6.92 Å². The van der Waals surface area contributed by atoms with E-state index in [-0.39, 0.29) is 0 Å². The summed E-state index contributed by atoms with van der Waals surface area (Å²) in [5.74, 6) is 1.62. The normalized spacial score (nSPS) is 15.9. The first-order chi connectivity index (χ1) is 9.26. The van der Waals surface area contributed by atoms with Gasteiger partial charge in [-0.15, -0.1) is 10.2 Å². The van der Waals surface area contributed by atoms with Crippen LogP contribution in [-0.4, -0.2) is 40.8 Å². The van der Waals surface area contributed by atoms with Crippen molar-refractivity contribution in [3.63, 3.8) is 0 Å². The fraction of sp³-hybridized carbons (Fsp3) is 0.500. The maximum absolute atomic E-state index is 5.64. The zero-order valence-corrected chi connectivity index (χ0v) is 12.2. The van der Waals surface area contributed by atoms with E-state index >= 15 is 0 Å². The largest absolute Gasteiger partial charge is 0.444 e.